The molecule has 26 heavy (non-hydrogen) atoms. The van der Waals surface area contributed by atoms with E-state index in [2.05, 4.69) is 5.32 Å². The molecule has 0 saturated heterocycles. The third-order valence-electron chi connectivity index (χ3n) is 3.41. The van der Waals surface area contributed by atoms with Crippen LogP contribution in [-0.4, -0.2) is 33.5 Å². The highest BCUT2D eigenvalue weighted by Crippen LogP contribution is 2.23. The topological polar surface area (TPSA) is 125 Å². The molecule has 1 atom stereocenters. The first-order valence-electron chi connectivity index (χ1n) is 7.50. The normalized spacial score (nSPS) is 12.1. The first kappa shape index (κ1) is 19.4. The van der Waals surface area contributed by atoms with E-state index in [4.69, 9.17) is 14.6 Å². The van der Waals surface area contributed by atoms with Gasteiger partial charge < -0.3 is 14.8 Å². The largest absolute Gasteiger partial charge is 0.496 e. The van der Waals surface area contributed by atoms with Crippen molar-refractivity contribution < 1.29 is 27.5 Å². The van der Waals surface area contributed by atoms with Crippen LogP contribution in [0.2, 0.25) is 0 Å². The van der Waals surface area contributed by atoms with E-state index < -0.39 is 28.0 Å². The van der Waals surface area contributed by atoms with E-state index in [1.807, 2.05) is 0 Å². The quantitative estimate of drug-likeness (QED) is 0.735. The number of hydrogen-bond donors (Lipinski definition) is 2. The summed E-state index contributed by atoms with van der Waals surface area (Å²) in [6, 6.07) is 12.2. The molecule has 0 unspecified atom stereocenters. The summed E-state index contributed by atoms with van der Waals surface area (Å²) >= 11 is 0. The number of hydrogen-bond acceptors (Lipinski definition) is 6. The van der Waals surface area contributed by atoms with Crippen molar-refractivity contribution in [3.8, 4) is 5.75 Å². The lowest BCUT2D eigenvalue weighted by Gasteiger charge is -2.15. The van der Waals surface area contributed by atoms with Crippen LogP contribution < -0.4 is 15.2 Å². The Bertz CT molecular complexity index is 912. The van der Waals surface area contributed by atoms with E-state index in [1.54, 1.807) is 30.3 Å². The Labute approximate surface area is 151 Å². The second kappa shape index (κ2) is 7.98. The SMILES string of the molecule is COc1ccc(S(N)(=O)=O)cc1C(=O)O[C@@H](C)C(=O)Nc1ccccc1. The number of sulfonamides is 1. The summed E-state index contributed by atoms with van der Waals surface area (Å²) in [5.41, 5.74) is 0.396. The lowest BCUT2D eigenvalue weighted by atomic mass is 10.2. The van der Waals surface area contributed by atoms with E-state index in [-0.39, 0.29) is 16.2 Å². The third kappa shape index (κ3) is 4.80. The van der Waals surface area contributed by atoms with E-state index in [1.165, 1.54) is 26.2 Å². The highest BCUT2D eigenvalue weighted by atomic mass is 32.2. The number of nitrogens with one attached hydrogen (secondary N) is 1. The molecule has 0 aromatic heterocycles. The second-order valence-electron chi connectivity index (χ2n) is 5.31. The number of amides is 1. The van der Waals surface area contributed by atoms with Crippen molar-refractivity contribution in [1.82, 2.24) is 0 Å². The van der Waals surface area contributed by atoms with Crippen LogP contribution in [-0.2, 0) is 19.6 Å². The van der Waals surface area contributed by atoms with Crippen molar-refractivity contribution >= 4 is 27.6 Å². The number of esters is 1. The summed E-state index contributed by atoms with van der Waals surface area (Å²) in [6.45, 7) is 1.40. The number of carbonyl (C=O) groups is 2. The minimum absolute atomic E-state index is 0.0954. The maximum Gasteiger partial charge on any atom is 0.342 e. The highest BCUT2D eigenvalue weighted by molar-refractivity contribution is 7.89. The van der Waals surface area contributed by atoms with Crippen LogP contribution in [0.5, 0.6) is 5.75 Å². The fourth-order valence-electron chi connectivity index (χ4n) is 2.07. The van der Waals surface area contributed by atoms with Crippen LogP contribution in [0.25, 0.3) is 0 Å². The Balaban J connectivity index is 2.17. The standard InChI is InChI=1S/C17H18N2O6S/c1-11(16(20)19-12-6-4-3-5-7-12)25-17(21)14-10-13(26(18,22)23)8-9-15(14)24-2/h3-11H,1-2H3,(H,19,20)(H2,18,22,23)/t11-/m0/s1. The van der Waals surface area contributed by atoms with E-state index >= 15 is 0 Å². The number of rotatable bonds is 6. The predicted octanol–water partition coefficient (Wildman–Crippen LogP) is 1.53. The minimum Gasteiger partial charge on any atom is -0.496 e. The molecule has 0 saturated carbocycles. The van der Waals surface area contributed by atoms with Crippen molar-refractivity contribution in [2.24, 2.45) is 5.14 Å². The average molecular weight is 378 g/mol. The molecule has 2 aromatic carbocycles. The van der Waals surface area contributed by atoms with Crippen molar-refractivity contribution in [3.05, 3.63) is 54.1 Å². The van der Waals surface area contributed by atoms with Gasteiger partial charge in [0.25, 0.3) is 5.91 Å². The molecule has 3 N–H and O–H groups in total. The molecule has 0 aliphatic rings. The number of nitrogens with two attached hydrogens (primary N) is 1. The molecule has 2 aromatic rings. The van der Waals surface area contributed by atoms with Gasteiger partial charge in [0.1, 0.15) is 11.3 Å². The van der Waals surface area contributed by atoms with Crippen LogP contribution in [0.3, 0.4) is 0 Å². The zero-order valence-corrected chi connectivity index (χ0v) is 14.9. The number of para-hydroxylation sites is 1. The van der Waals surface area contributed by atoms with Gasteiger partial charge in [-0.1, -0.05) is 18.2 Å². The van der Waals surface area contributed by atoms with Crippen molar-refractivity contribution in [2.75, 3.05) is 12.4 Å². The average Bonchev–Trinajstić information content (AvgIpc) is 2.61. The summed E-state index contributed by atoms with van der Waals surface area (Å²) < 4.78 is 33.1. The lowest BCUT2D eigenvalue weighted by molar-refractivity contribution is -0.123. The molecule has 8 nitrogen and oxygen atoms in total. The van der Waals surface area contributed by atoms with E-state index in [0.717, 1.165) is 6.07 Å². The maximum absolute atomic E-state index is 12.4. The molecule has 0 aliphatic heterocycles. The summed E-state index contributed by atoms with van der Waals surface area (Å²) in [7, 11) is -2.70. The van der Waals surface area contributed by atoms with Crippen molar-refractivity contribution in [1.29, 1.82) is 0 Å². The van der Waals surface area contributed by atoms with E-state index in [9.17, 15) is 18.0 Å². The summed E-state index contributed by atoms with van der Waals surface area (Å²) in [4.78, 5) is 24.2. The van der Waals surface area contributed by atoms with Gasteiger partial charge in [-0.2, -0.15) is 0 Å². The number of ether oxygens (including phenoxy) is 2. The molecule has 0 radical (unpaired) electrons. The molecule has 9 heteroatoms. The molecule has 0 spiro atoms. The van der Waals surface area contributed by atoms with Crippen molar-refractivity contribution in [3.63, 3.8) is 0 Å². The van der Waals surface area contributed by atoms with Gasteiger partial charge >= 0.3 is 5.97 Å². The first-order chi connectivity index (χ1) is 12.2. The molecule has 2 rings (SSSR count). The van der Waals surface area contributed by atoms with Gasteiger partial charge in [-0.15, -0.1) is 0 Å². The zero-order valence-electron chi connectivity index (χ0n) is 14.1. The van der Waals surface area contributed by atoms with Gasteiger partial charge in [0.15, 0.2) is 6.10 Å². The lowest BCUT2D eigenvalue weighted by Crippen LogP contribution is -2.30. The molecular formula is C17H18N2O6S. The monoisotopic (exact) mass is 378 g/mol. The van der Waals surface area contributed by atoms with Gasteiger partial charge in [0, 0.05) is 5.69 Å². The molecule has 0 aliphatic carbocycles. The molecule has 0 bridgehead atoms. The second-order valence-corrected chi connectivity index (χ2v) is 6.87. The Kier molecular flexibility index (Phi) is 5.96. The van der Waals surface area contributed by atoms with Gasteiger partial charge in [0.2, 0.25) is 10.0 Å². The van der Waals surface area contributed by atoms with Crippen LogP contribution in [0.1, 0.15) is 17.3 Å². The smallest absolute Gasteiger partial charge is 0.342 e. The third-order valence-corrected chi connectivity index (χ3v) is 4.32. The number of carbonyl (C=O) groups excluding carboxylic acids is 2. The Morgan fingerprint density at radius 1 is 1.12 bits per heavy atom. The molecule has 1 amide bonds. The Hall–Kier alpha value is -2.91. The fourth-order valence-corrected chi connectivity index (χ4v) is 2.61. The fraction of sp³-hybridized carbons (Fsp3) is 0.176. The van der Waals surface area contributed by atoms with Gasteiger partial charge in [-0.05, 0) is 37.3 Å². The van der Waals surface area contributed by atoms with Gasteiger partial charge in [0.05, 0.1) is 12.0 Å². The van der Waals surface area contributed by atoms with Gasteiger partial charge in [-0.3, -0.25) is 4.79 Å². The predicted molar refractivity (Wildman–Crippen MR) is 94.3 cm³/mol. The van der Waals surface area contributed by atoms with Crippen LogP contribution in [0.15, 0.2) is 53.4 Å². The first-order valence-corrected chi connectivity index (χ1v) is 9.04. The molecule has 0 heterocycles. The minimum atomic E-state index is -4.01. The summed E-state index contributed by atoms with van der Waals surface area (Å²) in [5, 5.41) is 7.67. The van der Waals surface area contributed by atoms with Crippen LogP contribution >= 0.6 is 0 Å². The number of methoxy groups -OCH3 is 1. The highest BCUT2D eigenvalue weighted by Gasteiger charge is 2.23. The van der Waals surface area contributed by atoms with Crippen LogP contribution in [0.4, 0.5) is 5.69 Å². The van der Waals surface area contributed by atoms with Crippen LogP contribution in [0, 0.1) is 0 Å². The number of benzene rings is 2. The maximum atomic E-state index is 12.4. The molecule has 0 fully saturated rings. The summed E-state index contributed by atoms with van der Waals surface area (Å²) in [5.74, 6) is -1.35. The van der Waals surface area contributed by atoms with E-state index in [0.29, 0.717) is 5.69 Å². The zero-order chi connectivity index (χ0) is 19.3. The van der Waals surface area contributed by atoms with Crippen molar-refractivity contribution in [2.45, 2.75) is 17.9 Å². The number of anilines is 1. The van der Waals surface area contributed by atoms with Gasteiger partial charge in [-0.25, -0.2) is 18.4 Å². The summed E-state index contributed by atoms with van der Waals surface area (Å²) in [6.07, 6.45) is -1.12. The number of primary sulfonamides is 1. The Morgan fingerprint density at radius 3 is 2.35 bits per heavy atom. The molecule has 138 valence electrons. The Morgan fingerprint density at radius 2 is 1.77 bits per heavy atom. The molecular weight excluding hydrogens is 360 g/mol.